The number of nitrogens with one attached hydrogen (secondary N) is 1. The average molecular weight is 296 g/mol. The minimum Gasteiger partial charge on any atom is -0.479 e. The van der Waals surface area contributed by atoms with Gasteiger partial charge in [-0.2, -0.15) is 13.2 Å². The van der Waals surface area contributed by atoms with Gasteiger partial charge in [-0.1, -0.05) is 0 Å². The van der Waals surface area contributed by atoms with Crippen LogP contribution < -0.4 is 5.32 Å². The van der Waals surface area contributed by atoms with Crippen molar-refractivity contribution in [3.05, 3.63) is 16.1 Å². The van der Waals surface area contributed by atoms with Crippen molar-refractivity contribution >= 4 is 23.2 Å². The molecule has 0 aliphatic heterocycles. The first-order valence-electron chi connectivity index (χ1n) is 5.08. The highest BCUT2D eigenvalue weighted by Crippen LogP contribution is 2.30. The van der Waals surface area contributed by atoms with Crippen LogP contribution in [-0.4, -0.2) is 33.7 Å². The van der Waals surface area contributed by atoms with Gasteiger partial charge in [-0.25, -0.2) is 9.78 Å². The van der Waals surface area contributed by atoms with Gasteiger partial charge in [-0.3, -0.25) is 4.79 Å². The maximum Gasteiger partial charge on any atom is 0.422 e. The predicted molar refractivity (Wildman–Crippen MR) is 60.8 cm³/mol. The van der Waals surface area contributed by atoms with E-state index < -0.39 is 30.0 Å². The molecule has 1 atom stereocenters. The molecule has 9 heteroatoms. The van der Waals surface area contributed by atoms with Crippen LogP contribution in [0.3, 0.4) is 0 Å². The fraction of sp³-hybridized carbons (Fsp3) is 0.500. The molecule has 0 saturated carbocycles. The Morgan fingerprint density at radius 3 is 2.42 bits per heavy atom. The van der Waals surface area contributed by atoms with E-state index in [9.17, 15) is 22.8 Å². The molecule has 1 rings (SSSR count). The largest absolute Gasteiger partial charge is 0.479 e. The molecule has 106 valence electrons. The highest BCUT2D eigenvalue weighted by molar-refractivity contribution is 7.09. The highest BCUT2D eigenvalue weighted by atomic mass is 32.1. The number of halogens is 3. The fourth-order valence-electron chi connectivity index (χ4n) is 1.22. The smallest absolute Gasteiger partial charge is 0.422 e. The van der Waals surface area contributed by atoms with Gasteiger partial charge in [0.2, 0.25) is 11.4 Å². The van der Waals surface area contributed by atoms with Crippen molar-refractivity contribution in [1.29, 1.82) is 0 Å². The number of amides is 1. The third-order valence-corrected chi connectivity index (χ3v) is 3.21. The molecule has 0 aromatic carbocycles. The molecule has 1 aromatic rings. The van der Waals surface area contributed by atoms with Crippen LogP contribution in [0.25, 0.3) is 0 Å². The van der Waals surface area contributed by atoms with E-state index in [-0.39, 0.29) is 0 Å². The number of carbonyl (C=O) groups excluding carboxylic acids is 1. The summed E-state index contributed by atoms with van der Waals surface area (Å²) in [6, 6.07) is 0. The van der Waals surface area contributed by atoms with Gasteiger partial charge in [0.1, 0.15) is 0 Å². The fourth-order valence-corrected chi connectivity index (χ4v) is 1.84. The summed E-state index contributed by atoms with van der Waals surface area (Å²) in [5.74, 6) is -3.21. The molecule has 1 heterocycles. The zero-order valence-electron chi connectivity index (χ0n) is 10.0. The number of aliphatic carboxylic acids is 1. The monoisotopic (exact) mass is 296 g/mol. The first kappa shape index (κ1) is 15.4. The van der Waals surface area contributed by atoms with E-state index in [1.807, 2.05) is 0 Å². The molecule has 1 unspecified atom stereocenters. The number of hydrogen-bond acceptors (Lipinski definition) is 4. The number of alkyl halides is 3. The number of carbonyl (C=O) groups is 2. The SMILES string of the molecule is Cc1nc(CC(=O)NC(C)(C(=O)O)C(F)(F)F)cs1. The van der Waals surface area contributed by atoms with Crippen molar-refractivity contribution in [2.24, 2.45) is 0 Å². The number of aromatic nitrogens is 1. The van der Waals surface area contributed by atoms with Crippen LogP contribution in [-0.2, 0) is 16.0 Å². The van der Waals surface area contributed by atoms with E-state index in [2.05, 4.69) is 4.98 Å². The van der Waals surface area contributed by atoms with Crippen LogP contribution in [0.2, 0.25) is 0 Å². The second kappa shape index (κ2) is 5.16. The summed E-state index contributed by atoms with van der Waals surface area (Å²) in [6.07, 6.45) is -5.49. The van der Waals surface area contributed by atoms with Crippen molar-refractivity contribution in [2.45, 2.75) is 32.0 Å². The van der Waals surface area contributed by atoms with Gasteiger partial charge in [0.15, 0.2) is 0 Å². The Morgan fingerprint density at radius 1 is 1.47 bits per heavy atom. The lowest BCUT2D eigenvalue weighted by molar-refractivity contribution is -0.206. The molecular weight excluding hydrogens is 285 g/mol. The van der Waals surface area contributed by atoms with Gasteiger partial charge in [0.25, 0.3) is 0 Å². The maximum atomic E-state index is 12.6. The molecule has 0 aliphatic carbocycles. The number of thiazole rings is 1. The lowest BCUT2D eigenvalue weighted by Gasteiger charge is -2.28. The predicted octanol–water partition coefficient (Wildman–Crippen LogP) is 1.52. The molecule has 5 nitrogen and oxygen atoms in total. The quantitative estimate of drug-likeness (QED) is 0.883. The van der Waals surface area contributed by atoms with Crippen LogP contribution in [0.5, 0.6) is 0 Å². The first-order valence-corrected chi connectivity index (χ1v) is 5.96. The van der Waals surface area contributed by atoms with E-state index in [0.717, 1.165) is 0 Å². The minimum atomic E-state index is -5.09. The Bertz CT molecular complexity index is 500. The standard InChI is InChI=1S/C10H11F3N2O3S/c1-5-14-6(4-19-5)3-7(16)15-9(2,8(17)18)10(11,12)13/h4H,3H2,1-2H3,(H,15,16)(H,17,18). The molecule has 1 aromatic heterocycles. The molecule has 0 fully saturated rings. The highest BCUT2D eigenvalue weighted by Gasteiger charge is 2.58. The molecule has 2 N–H and O–H groups in total. The lowest BCUT2D eigenvalue weighted by atomic mass is 10.0. The van der Waals surface area contributed by atoms with Crippen molar-refractivity contribution in [1.82, 2.24) is 10.3 Å². The zero-order valence-corrected chi connectivity index (χ0v) is 10.9. The van der Waals surface area contributed by atoms with E-state index in [1.54, 1.807) is 6.92 Å². The van der Waals surface area contributed by atoms with Gasteiger partial charge in [0, 0.05) is 5.38 Å². The molecule has 0 saturated heterocycles. The van der Waals surface area contributed by atoms with Crippen LogP contribution in [0.4, 0.5) is 13.2 Å². The zero-order chi connectivity index (χ0) is 14.8. The summed E-state index contributed by atoms with van der Waals surface area (Å²) in [5, 5.41) is 12.3. The Morgan fingerprint density at radius 2 is 2.05 bits per heavy atom. The summed E-state index contributed by atoms with van der Waals surface area (Å²) in [6.45, 7) is 2.09. The third-order valence-electron chi connectivity index (χ3n) is 2.39. The molecule has 0 spiro atoms. The summed E-state index contributed by atoms with van der Waals surface area (Å²) in [5.41, 5.74) is -3.01. The van der Waals surface area contributed by atoms with Crippen LogP contribution >= 0.6 is 11.3 Å². The maximum absolute atomic E-state index is 12.6. The number of rotatable bonds is 4. The van der Waals surface area contributed by atoms with Gasteiger partial charge in [0.05, 0.1) is 17.1 Å². The molecular formula is C10H11F3N2O3S. The van der Waals surface area contributed by atoms with Crippen molar-refractivity contribution in [3.63, 3.8) is 0 Å². The van der Waals surface area contributed by atoms with Crippen LogP contribution in [0.1, 0.15) is 17.6 Å². The lowest BCUT2D eigenvalue weighted by Crippen LogP contribution is -2.62. The molecule has 0 bridgehead atoms. The molecule has 1 amide bonds. The normalized spacial score (nSPS) is 14.8. The number of nitrogens with zero attached hydrogens (tertiary/aromatic N) is 1. The van der Waals surface area contributed by atoms with Crippen molar-refractivity contribution in [3.8, 4) is 0 Å². The van der Waals surface area contributed by atoms with Crippen molar-refractivity contribution in [2.75, 3.05) is 0 Å². The van der Waals surface area contributed by atoms with E-state index >= 15 is 0 Å². The average Bonchev–Trinajstić information content (AvgIpc) is 2.61. The van der Waals surface area contributed by atoms with Gasteiger partial charge in [-0.05, 0) is 13.8 Å². The van der Waals surface area contributed by atoms with E-state index in [1.165, 1.54) is 22.0 Å². The summed E-state index contributed by atoms with van der Waals surface area (Å²) in [4.78, 5) is 26.1. The van der Waals surface area contributed by atoms with E-state index in [4.69, 9.17) is 5.11 Å². The van der Waals surface area contributed by atoms with E-state index in [0.29, 0.717) is 17.6 Å². The molecule has 0 aliphatic rings. The topological polar surface area (TPSA) is 79.3 Å². The number of carboxylic acids is 1. The van der Waals surface area contributed by atoms with Gasteiger partial charge in [-0.15, -0.1) is 11.3 Å². The third kappa shape index (κ3) is 3.43. The molecule has 0 radical (unpaired) electrons. The van der Waals surface area contributed by atoms with Crippen LogP contribution in [0.15, 0.2) is 5.38 Å². The second-order valence-corrected chi connectivity index (χ2v) is 5.07. The van der Waals surface area contributed by atoms with Gasteiger partial charge < -0.3 is 10.4 Å². The summed E-state index contributed by atoms with van der Waals surface area (Å²) in [7, 11) is 0. The Balaban J connectivity index is 2.81. The van der Waals surface area contributed by atoms with Crippen molar-refractivity contribution < 1.29 is 27.9 Å². The number of aryl methyl sites for hydroxylation is 1. The number of hydrogen-bond donors (Lipinski definition) is 2. The minimum absolute atomic E-state index is 0.301. The van der Waals surface area contributed by atoms with Gasteiger partial charge >= 0.3 is 12.1 Å². The summed E-state index contributed by atoms with van der Waals surface area (Å²) >= 11 is 1.25. The van der Waals surface area contributed by atoms with Crippen LogP contribution in [0, 0.1) is 6.92 Å². The Labute approximate surface area is 110 Å². The Kier molecular flexibility index (Phi) is 4.18. The first-order chi connectivity index (χ1) is 8.56. The Hall–Kier alpha value is -1.64. The number of carboxylic acid groups (broad SMARTS) is 1. The second-order valence-electron chi connectivity index (χ2n) is 4.01. The summed E-state index contributed by atoms with van der Waals surface area (Å²) < 4.78 is 37.9. The molecule has 19 heavy (non-hydrogen) atoms.